The molecule has 11 heteroatoms. The minimum atomic E-state index is -3.71. The van der Waals surface area contributed by atoms with Crippen molar-refractivity contribution >= 4 is 17.6 Å². The fourth-order valence-corrected chi connectivity index (χ4v) is 3.78. The summed E-state index contributed by atoms with van der Waals surface area (Å²) in [5.74, 6) is 0.593. The Morgan fingerprint density at radius 3 is 2.66 bits per heavy atom. The number of hydrogen-bond donors (Lipinski definition) is 0. The van der Waals surface area contributed by atoms with Gasteiger partial charge in [-0.25, -0.2) is 14.3 Å². The molecule has 1 saturated heterocycles. The number of aromatic nitrogens is 3. The molecule has 0 N–H and O–H groups in total. The van der Waals surface area contributed by atoms with Crippen molar-refractivity contribution in [3.63, 3.8) is 0 Å². The summed E-state index contributed by atoms with van der Waals surface area (Å²) in [4.78, 5) is 20.2. The average molecular weight is 445 g/mol. The summed E-state index contributed by atoms with van der Waals surface area (Å²) in [5, 5.41) is 4.68. The number of hydrogen-bond acceptors (Lipinski definition) is 7. The molecular weight excluding hydrogens is 424 g/mol. The summed E-state index contributed by atoms with van der Waals surface area (Å²) in [7, 11) is 0. The average Bonchev–Trinajstić information content (AvgIpc) is 3.31. The Balaban J connectivity index is 1.41. The van der Waals surface area contributed by atoms with Gasteiger partial charge in [0, 0.05) is 31.7 Å². The summed E-state index contributed by atoms with van der Waals surface area (Å²) in [6.45, 7) is 5.81. The van der Waals surface area contributed by atoms with E-state index in [4.69, 9.17) is 9.47 Å². The number of piperazine rings is 1. The largest absolute Gasteiger partial charge is 0.586 e. The zero-order valence-electron chi connectivity index (χ0n) is 17.5. The Kier molecular flexibility index (Phi) is 4.75. The number of imidazole rings is 1. The highest BCUT2D eigenvalue weighted by Crippen LogP contribution is 2.46. The van der Waals surface area contributed by atoms with E-state index in [0.29, 0.717) is 48.9 Å². The van der Waals surface area contributed by atoms with Crippen LogP contribution in [0.15, 0.2) is 36.5 Å². The number of ether oxygens (including phenoxy) is 3. The summed E-state index contributed by atoms with van der Waals surface area (Å²) < 4.78 is 43.4. The van der Waals surface area contributed by atoms with Crippen molar-refractivity contribution in [2.24, 2.45) is 0 Å². The number of nitrogens with zero attached hydrogens (tertiary/aromatic N) is 5. The van der Waals surface area contributed by atoms with Crippen molar-refractivity contribution in [3.05, 3.63) is 36.5 Å². The molecule has 0 bridgehead atoms. The molecule has 1 amide bonds. The SMILES string of the molecule is CC(C)OC(=O)N1CCN(c2ccc3ncc(-c4cccc5c4OC(F)(F)O5)n3n2)CC1. The Bertz CT molecular complexity index is 1170. The van der Waals surface area contributed by atoms with E-state index in [1.807, 2.05) is 24.8 Å². The smallest absolute Gasteiger partial charge is 0.447 e. The number of fused-ring (bicyclic) bond motifs is 2. The lowest BCUT2D eigenvalue weighted by molar-refractivity contribution is -0.286. The topological polar surface area (TPSA) is 81.4 Å². The van der Waals surface area contributed by atoms with E-state index >= 15 is 0 Å². The van der Waals surface area contributed by atoms with Crippen molar-refractivity contribution < 1.29 is 27.8 Å². The number of para-hydroxylation sites is 1. The minimum absolute atomic E-state index is 0.0389. The lowest BCUT2D eigenvalue weighted by Crippen LogP contribution is -2.49. The number of carbonyl (C=O) groups excluding carboxylic acids is 1. The Hall–Kier alpha value is -3.63. The van der Waals surface area contributed by atoms with Gasteiger partial charge in [-0.3, -0.25) is 0 Å². The van der Waals surface area contributed by atoms with E-state index < -0.39 is 6.29 Å². The molecule has 2 aromatic heterocycles. The number of carbonyl (C=O) groups is 1. The molecule has 2 aliphatic rings. The normalized spacial score (nSPS) is 17.3. The lowest BCUT2D eigenvalue weighted by atomic mass is 10.1. The maximum atomic E-state index is 13.6. The quantitative estimate of drug-likeness (QED) is 0.611. The predicted molar refractivity (Wildman–Crippen MR) is 110 cm³/mol. The van der Waals surface area contributed by atoms with E-state index in [1.54, 1.807) is 33.8 Å². The van der Waals surface area contributed by atoms with Gasteiger partial charge in [0.1, 0.15) is 5.82 Å². The summed E-state index contributed by atoms with van der Waals surface area (Å²) >= 11 is 0. The molecule has 1 aromatic carbocycles. The van der Waals surface area contributed by atoms with Gasteiger partial charge in [0.25, 0.3) is 0 Å². The van der Waals surface area contributed by atoms with Gasteiger partial charge in [-0.15, -0.1) is 13.9 Å². The van der Waals surface area contributed by atoms with Gasteiger partial charge >= 0.3 is 12.4 Å². The lowest BCUT2D eigenvalue weighted by Gasteiger charge is -2.35. The molecule has 168 valence electrons. The standard InChI is InChI=1S/C21H21F2N5O4/c1-13(2)30-20(29)27-10-8-26(9-11-27)18-7-6-17-24-12-15(28(17)25-18)14-4-3-5-16-19(14)32-21(22,23)31-16/h3-7,12-13H,8-11H2,1-2H3. The molecule has 0 radical (unpaired) electrons. The maximum absolute atomic E-state index is 13.6. The second-order valence-corrected chi connectivity index (χ2v) is 7.81. The summed E-state index contributed by atoms with van der Waals surface area (Å²) in [6, 6.07) is 8.33. The third-order valence-electron chi connectivity index (χ3n) is 5.25. The second kappa shape index (κ2) is 7.50. The molecule has 3 aromatic rings. The number of alkyl halides is 2. The van der Waals surface area contributed by atoms with Crippen molar-refractivity contribution in [1.29, 1.82) is 0 Å². The highest BCUT2D eigenvalue weighted by molar-refractivity contribution is 5.74. The van der Waals surface area contributed by atoms with Gasteiger partial charge in [0.2, 0.25) is 0 Å². The van der Waals surface area contributed by atoms with E-state index in [2.05, 4.69) is 14.8 Å². The van der Waals surface area contributed by atoms with Crippen molar-refractivity contribution in [3.8, 4) is 22.8 Å². The van der Waals surface area contributed by atoms with Crippen LogP contribution < -0.4 is 14.4 Å². The Labute approximate surface area is 182 Å². The third kappa shape index (κ3) is 3.63. The first-order valence-electron chi connectivity index (χ1n) is 10.3. The van der Waals surface area contributed by atoms with Crippen LogP contribution in [-0.2, 0) is 4.74 Å². The molecule has 1 fully saturated rings. The van der Waals surface area contributed by atoms with Crippen molar-refractivity contribution in [1.82, 2.24) is 19.5 Å². The molecule has 0 atom stereocenters. The van der Waals surface area contributed by atoms with E-state index in [-0.39, 0.29) is 23.7 Å². The van der Waals surface area contributed by atoms with Crippen LogP contribution >= 0.6 is 0 Å². The van der Waals surface area contributed by atoms with Crippen LogP contribution in [0.5, 0.6) is 11.5 Å². The van der Waals surface area contributed by atoms with Crippen LogP contribution in [0.25, 0.3) is 16.9 Å². The molecule has 0 unspecified atom stereocenters. The third-order valence-corrected chi connectivity index (χ3v) is 5.25. The van der Waals surface area contributed by atoms with Crippen LogP contribution in [0.4, 0.5) is 19.4 Å². The zero-order chi connectivity index (χ0) is 22.5. The maximum Gasteiger partial charge on any atom is 0.586 e. The molecule has 0 spiro atoms. The molecule has 4 heterocycles. The van der Waals surface area contributed by atoms with Gasteiger partial charge in [-0.2, -0.15) is 0 Å². The second-order valence-electron chi connectivity index (χ2n) is 7.81. The van der Waals surface area contributed by atoms with Crippen molar-refractivity contribution in [2.45, 2.75) is 26.2 Å². The highest BCUT2D eigenvalue weighted by atomic mass is 19.3. The monoisotopic (exact) mass is 445 g/mol. The molecule has 5 rings (SSSR count). The number of rotatable bonds is 3. The fourth-order valence-electron chi connectivity index (χ4n) is 3.78. The Morgan fingerprint density at radius 1 is 1.12 bits per heavy atom. The van der Waals surface area contributed by atoms with Gasteiger partial charge in [0.05, 0.1) is 18.0 Å². The number of amides is 1. The number of anilines is 1. The molecule has 32 heavy (non-hydrogen) atoms. The molecule has 9 nitrogen and oxygen atoms in total. The number of benzene rings is 1. The van der Waals surface area contributed by atoms with E-state index in [1.165, 1.54) is 6.07 Å². The van der Waals surface area contributed by atoms with Crippen molar-refractivity contribution in [2.75, 3.05) is 31.1 Å². The van der Waals surface area contributed by atoms with Gasteiger partial charge in [-0.1, -0.05) is 6.07 Å². The van der Waals surface area contributed by atoms with Crippen LogP contribution in [0, 0.1) is 0 Å². The van der Waals surface area contributed by atoms with Gasteiger partial charge in [-0.05, 0) is 38.1 Å². The predicted octanol–water partition coefficient (Wildman–Crippen LogP) is 3.38. The summed E-state index contributed by atoms with van der Waals surface area (Å²) in [5.41, 5.74) is 1.46. The highest BCUT2D eigenvalue weighted by Gasteiger charge is 2.44. The minimum Gasteiger partial charge on any atom is -0.447 e. The van der Waals surface area contributed by atoms with Crippen LogP contribution in [0.2, 0.25) is 0 Å². The van der Waals surface area contributed by atoms with Gasteiger partial charge in [0.15, 0.2) is 17.1 Å². The first-order chi connectivity index (χ1) is 15.3. The van der Waals surface area contributed by atoms with E-state index in [0.717, 1.165) is 0 Å². The Morgan fingerprint density at radius 2 is 1.91 bits per heavy atom. The van der Waals surface area contributed by atoms with E-state index in [9.17, 15) is 13.6 Å². The first-order valence-corrected chi connectivity index (χ1v) is 10.3. The molecule has 0 saturated carbocycles. The molecule has 2 aliphatic heterocycles. The molecule has 0 aliphatic carbocycles. The number of halogens is 2. The first kappa shape index (κ1) is 20.3. The summed E-state index contributed by atoms with van der Waals surface area (Å²) in [6.07, 6.45) is -2.65. The fraction of sp³-hybridized carbons (Fsp3) is 0.381. The van der Waals surface area contributed by atoms with Gasteiger partial charge < -0.3 is 24.0 Å². The van der Waals surface area contributed by atoms with Crippen LogP contribution in [-0.4, -0.2) is 64.2 Å². The zero-order valence-corrected chi connectivity index (χ0v) is 17.5. The molecular formula is C21H21F2N5O4. The van der Waals surface area contributed by atoms with Crippen LogP contribution in [0.1, 0.15) is 13.8 Å². The van der Waals surface area contributed by atoms with Crippen LogP contribution in [0.3, 0.4) is 0 Å².